The van der Waals surface area contributed by atoms with Crippen molar-refractivity contribution in [3.63, 3.8) is 0 Å². The number of rotatable bonds is 7. The largest absolute Gasteiger partial charge is 0.468 e. The average Bonchev–Trinajstić information content (AvgIpc) is 2.68. The van der Waals surface area contributed by atoms with E-state index in [2.05, 4.69) is 5.32 Å². The number of halogens is 1. The molecule has 27 heavy (non-hydrogen) atoms. The molecule has 2 aromatic rings. The number of benzene rings is 2. The molecule has 0 radical (unpaired) electrons. The minimum atomic E-state index is -0.521. The molecule has 2 amide bonds. The SMILES string of the molecule is CCC(=O)Nc1cccc(C(=O)N(CC(=O)OC)Cc2ccc(Cl)cc2)c1. The molecule has 0 aliphatic rings. The molecular weight excluding hydrogens is 368 g/mol. The van der Waals surface area contributed by atoms with E-state index >= 15 is 0 Å². The lowest BCUT2D eigenvalue weighted by Crippen LogP contribution is -2.35. The smallest absolute Gasteiger partial charge is 0.325 e. The second-order valence-electron chi connectivity index (χ2n) is 5.85. The van der Waals surface area contributed by atoms with Gasteiger partial charge >= 0.3 is 5.97 Å². The summed E-state index contributed by atoms with van der Waals surface area (Å²) in [6.07, 6.45) is 0.337. The molecule has 2 rings (SSSR count). The first-order valence-electron chi connectivity index (χ1n) is 8.43. The number of hydrogen-bond acceptors (Lipinski definition) is 4. The monoisotopic (exact) mass is 388 g/mol. The Morgan fingerprint density at radius 3 is 2.44 bits per heavy atom. The van der Waals surface area contributed by atoms with E-state index in [-0.39, 0.29) is 24.9 Å². The van der Waals surface area contributed by atoms with E-state index in [4.69, 9.17) is 16.3 Å². The number of anilines is 1. The number of ether oxygens (including phenoxy) is 1. The van der Waals surface area contributed by atoms with Gasteiger partial charge in [0, 0.05) is 29.2 Å². The summed E-state index contributed by atoms with van der Waals surface area (Å²) in [7, 11) is 1.27. The van der Waals surface area contributed by atoms with Crippen LogP contribution in [-0.4, -0.2) is 36.3 Å². The van der Waals surface area contributed by atoms with Gasteiger partial charge in [-0.2, -0.15) is 0 Å². The lowest BCUT2D eigenvalue weighted by Gasteiger charge is -2.22. The van der Waals surface area contributed by atoms with E-state index in [1.54, 1.807) is 55.5 Å². The first-order valence-corrected chi connectivity index (χ1v) is 8.81. The Balaban J connectivity index is 2.24. The second-order valence-corrected chi connectivity index (χ2v) is 6.28. The van der Waals surface area contributed by atoms with Crippen LogP contribution in [0.15, 0.2) is 48.5 Å². The van der Waals surface area contributed by atoms with E-state index in [0.717, 1.165) is 5.56 Å². The fourth-order valence-corrected chi connectivity index (χ4v) is 2.52. The summed E-state index contributed by atoms with van der Waals surface area (Å²) in [5.41, 5.74) is 1.71. The fourth-order valence-electron chi connectivity index (χ4n) is 2.39. The molecule has 0 saturated carbocycles. The molecule has 0 spiro atoms. The third-order valence-corrected chi connectivity index (χ3v) is 4.09. The number of nitrogens with zero attached hydrogens (tertiary/aromatic N) is 1. The highest BCUT2D eigenvalue weighted by atomic mass is 35.5. The maximum Gasteiger partial charge on any atom is 0.325 e. The zero-order chi connectivity index (χ0) is 19.8. The maximum absolute atomic E-state index is 13.0. The summed E-state index contributed by atoms with van der Waals surface area (Å²) >= 11 is 5.90. The molecule has 0 saturated heterocycles. The minimum Gasteiger partial charge on any atom is -0.468 e. The van der Waals surface area contributed by atoms with Crippen LogP contribution in [-0.2, 0) is 20.9 Å². The molecule has 142 valence electrons. The van der Waals surface area contributed by atoms with Crippen molar-refractivity contribution >= 4 is 35.1 Å². The van der Waals surface area contributed by atoms with Crippen LogP contribution in [0.1, 0.15) is 29.3 Å². The van der Waals surface area contributed by atoms with Gasteiger partial charge in [0.25, 0.3) is 5.91 Å². The summed E-state index contributed by atoms with van der Waals surface area (Å²) in [4.78, 5) is 37.7. The second kappa shape index (κ2) is 9.73. The van der Waals surface area contributed by atoms with E-state index in [9.17, 15) is 14.4 Å². The highest BCUT2D eigenvalue weighted by Crippen LogP contribution is 2.16. The number of amides is 2. The summed E-state index contributed by atoms with van der Waals surface area (Å²) < 4.78 is 4.70. The van der Waals surface area contributed by atoms with Gasteiger partial charge in [0.2, 0.25) is 5.91 Å². The van der Waals surface area contributed by atoms with Crippen LogP contribution in [0.4, 0.5) is 5.69 Å². The summed E-state index contributed by atoms with van der Waals surface area (Å²) in [5.74, 6) is -1.01. The van der Waals surface area contributed by atoms with Crippen molar-refractivity contribution in [1.82, 2.24) is 4.90 Å². The molecule has 7 heteroatoms. The first kappa shape index (κ1) is 20.5. The highest BCUT2D eigenvalue weighted by molar-refractivity contribution is 6.30. The van der Waals surface area contributed by atoms with Crippen LogP contribution in [0.2, 0.25) is 5.02 Å². The number of carbonyl (C=O) groups excluding carboxylic acids is 3. The van der Waals surface area contributed by atoms with E-state index in [0.29, 0.717) is 22.7 Å². The van der Waals surface area contributed by atoms with Crippen molar-refractivity contribution in [2.75, 3.05) is 19.0 Å². The molecule has 0 aliphatic carbocycles. The van der Waals surface area contributed by atoms with Crippen molar-refractivity contribution in [3.05, 3.63) is 64.7 Å². The Labute approximate surface area is 163 Å². The Bertz CT molecular complexity index is 821. The fraction of sp³-hybridized carbons (Fsp3) is 0.250. The quantitative estimate of drug-likeness (QED) is 0.736. The zero-order valence-corrected chi connectivity index (χ0v) is 16.0. The number of hydrogen-bond donors (Lipinski definition) is 1. The van der Waals surface area contributed by atoms with Crippen molar-refractivity contribution in [2.24, 2.45) is 0 Å². The molecule has 0 aliphatic heterocycles. The van der Waals surface area contributed by atoms with Crippen LogP contribution >= 0.6 is 11.6 Å². The Morgan fingerprint density at radius 1 is 1.11 bits per heavy atom. The van der Waals surface area contributed by atoms with Gasteiger partial charge in [-0.1, -0.05) is 36.7 Å². The summed E-state index contributed by atoms with van der Waals surface area (Å²) in [5, 5.41) is 3.30. The first-order chi connectivity index (χ1) is 12.9. The lowest BCUT2D eigenvalue weighted by atomic mass is 10.1. The van der Waals surface area contributed by atoms with E-state index in [1.807, 2.05) is 0 Å². The Morgan fingerprint density at radius 2 is 1.81 bits per heavy atom. The standard InChI is InChI=1S/C20H21ClN2O4/c1-3-18(24)22-17-6-4-5-15(11-17)20(26)23(13-19(25)27-2)12-14-7-9-16(21)10-8-14/h4-11H,3,12-13H2,1-2H3,(H,22,24). The van der Waals surface area contributed by atoms with Gasteiger partial charge in [0.05, 0.1) is 7.11 Å². The Hall–Kier alpha value is -2.86. The van der Waals surface area contributed by atoms with Gasteiger partial charge < -0.3 is 15.0 Å². The molecular formula is C20H21ClN2O4. The lowest BCUT2D eigenvalue weighted by molar-refractivity contribution is -0.141. The van der Waals surface area contributed by atoms with Gasteiger partial charge in [-0.15, -0.1) is 0 Å². The molecule has 0 aromatic heterocycles. The van der Waals surface area contributed by atoms with Gasteiger partial charge in [-0.3, -0.25) is 14.4 Å². The number of carbonyl (C=O) groups is 3. The topological polar surface area (TPSA) is 75.7 Å². The predicted molar refractivity (Wildman–Crippen MR) is 104 cm³/mol. The Kier molecular flexibility index (Phi) is 7.37. The molecule has 0 fully saturated rings. The van der Waals surface area contributed by atoms with E-state index in [1.165, 1.54) is 12.0 Å². The number of nitrogens with one attached hydrogen (secondary N) is 1. The summed E-state index contributed by atoms with van der Waals surface area (Å²) in [6, 6.07) is 13.6. The maximum atomic E-state index is 13.0. The van der Waals surface area contributed by atoms with Crippen LogP contribution in [0.3, 0.4) is 0 Å². The van der Waals surface area contributed by atoms with Gasteiger partial charge in [-0.05, 0) is 35.9 Å². The normalized spacial score (nSPS) is 10.2. The van der Waals surface area contributed by atoms with Gasteiger partial charge in [0.15, 0.2) is 0 Å². The van der Waals surface area contributed by atoms with Crippen LogP contribution in [0.5, 0.6) is 0 Å². The van der Waals surface area contributed by atoms with Crippen molar-refractivity contribution in [3.8, 4) is 0 Å². The van der Waals surface area contributed by atoms with Crippen LogP contribution < -0.4 is 5.32 Å². The van der Waals surface area contributed by atoms with Crippen LogP contribution in [0.25, 0.3) is 0 Å². The molecule has 0 bridgehead atoms. The molecule has 0 heterocycles. The van der Waals surface area contributed by atoms with Crippen molar-refractivity contribution in [1.29, 1.82) is 0 Å². The molecule has 0 unspecified atom stereocenters. The van der Waals surface area contributed by atoms with Gasteiger partial charge in [-0.25, -0.2) is 0 Å². The van der Waals surface area contributed by atoms with E-state index < -0.39 is 5.97 Å². The third-order valence-electron chi connectivity index (χ3n) is 3.84. The molecule has 0 atom stereocenters. The minimum absolute atomic E-state index is 0.146. The molecule has 6 nitrogen and oxygen atoms in total. The summed E-state index contributed by atoms with van der Waals surface area (Å²) in [6.45, 7) is 1.77. The number of esters is 1. The van der Waals surface area contributed by atoms with Crippen molar-refractivity contribution < 1.29 is 19.1 Å². The van der Waals surface area contributed by atoms with Gasteiger partial charge in [0.1, 0.15) is 6.54 Å². The highest BCUT2D eigenvalue weighted by Gasteiger charge is 2.20. The van der Waals surface area contributed by atoms with Crippen molar-refractivity contribution in [2.45, 2.75) is 19.9 Å². The third kappa shape index (κ3) is 6.11. The zero-order valence-electron chi connectivity index (χ0n) is 15.2. The predicted octanol–water partition coefficient (Wildman–Crippen LogP) is 3.50. The average molecular weight is 389 g/mol. The molecule has 1 N–H and O–H groups in total. The van der Waals surface area contributed by atoms with Crippen LogP contribution in [0, 0.1) is 0 Å². The molecule has 2 aromatic carbocycles. The number of methoxy groups -OCH3 is 1.